The number of hydrogen-bond donors (Lipinski definition) is 1. The van der Waals surface area contributed by atoms with Crippen molar-refractivity contribution in [3.8, 4) is 0 Å². The Balaban J connectivity index is 1.90. The van der Waals surface area contributed by atoms with Crippen molar-refractivity contribution in [1.82, 2.24) is 9.91 Å². The maximum absolute atomic E-state index is 5.60. The first-order chi connectivity index (χ1) is 6.75. The van der Waals surface area contributed by atoms with Crippen LogP contribution in [0, 0.1) is 5.92 Å². The fourth-order valence-corrected chi connectivity index (χ4v) is 2.92. The molecule has 2 N–H and O–H groups in total. The maximum Gasteiger partial charge on any atom is 0.187 e. The first kappa shape index (κ1) is 8.61. The van der Waals surface area contributed by atoms with Crippen molar-refractivity contribution < 1.29 is 0 Å². The molecular formula is C9H14N4S. The Labute approximate surface area is 88.7 Å². The quantitative estimate of drug-likeness (QED) is 0.571. The van der Waals surface area contributed by atoms with E-state index in [0.717, 1.165) is 6.54 Å². The van der Waals surface area contributed by atoms with Gasteiger partial charge in [0.2, 0.25) is 0 Å². The molecule has 14 heavy (non-hydrogen) atoms. The van der Waals surface area contributed by atoms with Crippen LogP contribution in [0.15, 0.2) is 5.10 Å². The normalized spacial score (nSPS) is 39.6. The molecule has 4 nitrogen and oxygen atoms in total. The van der Waals surface area contributed by atoms with Gasteiger partial charge in [-0.3, -0.25) is 4.90 Å². The summed E-state index contributed by atoms with van der Waals surface area (Å²) < 4.78 is 0. The second-order valence-electron chi connectivity index (χ2n) is 4.27. The van der Waals surface area contributed by atoms with Crippen LogP contribution < -0.4 is 5.73 Å². The zero-order valence-corrected chi connectivity index (χ0v) is 8.83. The first-order valence-corrected chi connectivity index (χ1v) is 5.56. The molecule has 1 atom stereocenters. The second kappa shape index (κ2) is 2.90. The lowest BCUT2D eigenvalue weighted by Crippen LogP contribution is -2.55. The highest BCUT2D eigenvalue weighted by Gasteiger charge is 2.43. The topological polar surface area (TPSA) is 44.9 Å². The summed E-state index contributed by atoms with van der Waals surface area (Å²) in [7, 11) is 0. The van der Waals surface area contributed by atoms with Crippen molar-refractivity contribution in [2.75, 3.05) is 19.6 Å². The van der Waals surface area contributed by atoms with E-state index in [1.807, 2.05) is 0 Å². The van der Waals surface area contributed by atoms with Gasteiger partial charge in [-0.1, -0.05) is 0 Å². The number of hydrogen-bond acceptors (Lipinski definition) is 3. The molecule has 0 aromatic heterocycles. The molecule has 4 aliphatic heterocycles. The Morgan fingerprint density at radius 1 is 1.43 bits per heavy atom. The van der Waals surface area contributed by atoms with Crippen LogP contribution in [0.25, 0.3) is 0 Å². The van der Waals surface area contributed by atoms with Crippen molar-refractivity contribution >= 4 is 23.0 Å². The molecule has 0 aromatic rings. The van der Waals surface area contributed by atoms with Crippen LogP contribution in [0.4, 0.5) is 0 Å². The summed E-state index contributed by atoms with van der Waals surface area (Å²) in [6, 6.07) is 0.504. The Bertz CT molecular complexity index is 306. The second-order valence-corrected chi connectivity index (χ2v) is 4.69. The first-order valence-electron chi connectivity index (χ1n) is 5.15. The van der Waals surface area contributed by atoms with E-state index in [-0.39, 0.29) is 0 Å². The maximum atomic E-state index is 5.60. The Morgan fingerprint density at radius 2 is 2.14 bits per heavy atom. The van der Waals surface area contributed by atoms with E-state index in [4.69, 9.17) is 18.0 Å². The molecule has 4 rings (SSSR count). The molecule has 0 saturated carbocycles. The summed E-state index contributed by atoms with van der Waals surface area (Å²) in [5.41, 5.74) is 6.92. The summed E-state index contributed by atoms with van der Waals surface area (Å²) in [4.78, 5) is 2.51. The number of thiocarbonyl (C=S) groups is 1. The number of nitrogens with zero attached hydrogens (tertiary/aromatic N) is 3. The Morgan fingerprint density at radius 3 is 2.71 bits per heavy atom. The van der Waals surface area contributed by atoms with Crippen LogP contribution in [0.1, 0.15) is 12.8 Å². The largest absolute Gasteiger partial charge is 0.375 e. The third kappa shape index (κ3) is 1.09. The molecule has 3 saturated heterocycles. The van der Waals surface area contributed by atoms with Gasteiger partial charge in [-0.15, -0.1) is 0 Å². The van der Waals surface area contributed by atoms with Crippen LogP contribution >= 0.6 is 12.2 Å². The fraction of sp³-hybridized carbons (Fsp3) is 0.778. The van der Waals surface area contributed by atoms with Gasteiger partial charge in [0.1, 0.15) is 0 Å². The molecule has 0 spiro atoms. The molecule has 2 bridgehead atoms. The lowest BCUT2D eigenvalue weighted by atomic mass is 9.82. The minimum atomic E-state index is 0.410. The van der Waals surface area contributed by atoms with E-state index >= 15 is 0 Å². The number of fused-ring (bicyclic) bond motifs is 2. The molecule has 4 aliphatic rings. The highest BCUT2D eigenvalue weighted by atomic mass is 32.1. The highest BCUT2D eigenvalue weighted by molar-refractivity contribution is 7.80. The number of hydrazone groups is 1. The molecule has 76 valence electrons. The summed E-state index contributed by atoms with van der Waals surface area (Å²) >= 11 is 4.95. The standard InChI is InChI=1S/C9H14N4S/c10-9(14)13-5-7-8(11-13)6-1-3-12(7)4-2-6/h6-7H,1-5H2,(H2,10,14)/t7-/m1/s1. The third-order valence-corrected chi connectivity index (χ3v) is 3.78. The average molecular weight is 210 g/mol. The van der Waals surface area contributed by atoms with Gasteiger partial charge in [-0.25, -0.2) is 5.01 Å². The monoisotopic (exact) mass is 210 g/mol. The van der Waals surface area contributed by atoms with E-state index < -0.39 is 0 Å². The van der Waals surface area contributed by atoms with E-state index in [1.165, 1.54) is 31.6 Å². The SMILES string of the molecule is NC(=S)N1C[C@@H]2C(=N1)C1CCN2CC1. The van der Waals surface area contributed by atoms with Crippen LogP contribution in [0.5, 0.6) is 0 Å². The van der Waals surface area contributed by atoms with Crippen molar-refractivity contribution in [2.45, 2.75) is 18.9 Å². The van der Waals surface area contributed by atoms with Crippen LogP contribution in [-0.4, -0.2) is 46.4 Å². The lowest BCUT2D eigenvalue weighted by molar-refractivity contribution is 0.146. The summed E-state index contributed by atoms with van der Waals surface area (Å²) in [5.74, 6) is 0.698. The molecule has 0 radical (unpaired) electrons. The number of rotatable bonds is 0. The van der Waals surface area contributed by atoms with E-state index in [0.29, 0.717) is 17.1 Å². The zero-order chi connectivity index (χ0) is 9.71. The Hall–Kier alpha value is -0.680. The smallest absolute Gasteiger partial charge is 0.187 e. The summed E-state index contributed by atoms with van der Waals surface area (Å²) in [6.45, 7) is 3.32. The minimum Gasteiger partial charge on any atom is -0.375 e. The van der Waals surface area contributed by atoms with Gasteiger partial charge in [-0.2, -0.15) is 5.10 Å². The zero-order valence-electron chi connectivity index (χ0n) is 8.02. The van der Waals surface area contributed by atoms with Gasteiger partial charge >= 0.3 is 0 Å². The number of nitrogens with two attached hydrogens (primary N) is 1. The van der Waals surface area contributed by atoms with Gasteiger partial charge in [0, 0.05) is 5.92 Å². The highest BCUT2D eigenvalue weighted by Crippen LogP contribution is 2.33. The molecule has 3 fully saturated rings. The summed E-state index contributed by atoms with van der Waals surface area (Å²) in [6.07, 6.45) is 2.53. The number of piperidine rings is 3. The molecular weight excluding hydrogens is 196 g/mol. The van der Waals surface area contributed by atoms with Gasteiger partial charge < -0.3 is 5.73 Å². The molecule has 0 aliphatic carbocycles. The molecule has 0 amide bonds. The van der Waals surface area contributed by atoms with Gasteiger partial charge in [0.05, 0.1) is 18.3 Å². The molecule has 0 aromatic carbocycles. The van der Waals surface area contributed by atoms with Crippen molar-refractivity contribution in [3.63, 3.8) is 0 Å². The van der Waals surface area contributed by atoms with Crippen LogP contribution in [0.2, 0.25) is 0 Å². The van der Waals surface area contributed by atoms with Gasteiger partial charge in [0.25, 0.3) is 0 Å². The van der Waals surface area contributed by atoms with E-state index in [1.54, 1.807) is 5.01 Å². The molecule has 4 heterocycles. The minimum absolute atomic E-state index is 0.410. The third-order valence-electron chi connectivity index (χ3n) is 3.57. The van der Waals surface area contributed by atoms with Crippen molar-refractivity contribution in [2.24, 2.45) is 16.8 Å². The van der Waals surface area contributed by atoms with Crippen molar-refractivity contribution in [3.05, 3.63) is 0 Å². The predicted molar refractivity (Wildman–Crippen MR) is 59.0 cm³/mol. The van der Waals surface area contributed by atoms with E-state index in [9.17, 15) is 0 Å². The molecule has 0 unspecified atom stereocenters. The van der Waals surface area contributed by atoms with Crippen molar-refractivity contribution in [1.29, 1.82) is 0 Å². The lowest BCUT2D eigenvalue weighted by Gasteiger charge is -2.43. The average Bonchev–Trinajstić information content (AvgIpc) is 2.65. The summed E-state index contributed by atoms with van der Waals surface area (Å²) in [5, 5.41) is 6.73. The van der Waals surface area contributed by atoms with Gasteiger partial charge in [-0.05, 0) is 38.1 Å². The van der Waals surface area contributed by atoms with Crippen LogP contribution in [-0.2, 0) is 0 Å². The molecule has 5 heteroatoms. The van der Waals surface area contributed by atoms with Gasteiger partial charge in [0.15, 0.2) is 5.11 Å². The Kier molecular flexibility index (Phi) is 1.79. The van der Waals surface area contributed by atoms with E-state index in [2.05, 4.69) is 10.0 Å². The van der Waals surface area contributed by atoms with Crippen LogP contribution in [0.3, 0.4) is 0 Å². The predicted octanol–water partition coefficient (Wildman–Crippen LogP) is -0.00420. The fourth-order valence-electron chi connectivity index (χ4n) is 2.81.